The maximum atomic E-state index is 13.0. The van der Waals surface area contributed by atoms with Crippen LogP contribution < -0.4 is 0 Å². The van der Waals surface area contributed by atoms with Crippen LogP contribution in [0.4, 0.5) is 0 Å². The van der Waals surface area contributed by atoms with E-state index in [1.165, 1.54) is 0 Å². The molecule has 1 aliphatic heterocycles. The topological polar surface area (TPSA) is 51.0 Å². The predicted molar refractivity (Wildman–Crippen MR) is 121 cm³/mol. The maximum absolute atomic E-state index is 13.0. The summed E-state index contributed by atoms with van der Waals surface area (Å²) in [5, 5.41) is 6.80. The largest absolute Gasteiger partial charge is 0.339 e. The number of amides is 1. The van der Waals surface area contributed by atoms with E-state index >= 15 is 0 Å². The van der Waals surface area contributed by atoms with Gasteiger partial charge in [0.25, 0.3) is 5.91 Å². The molecule has 0 bridgehead atoms. The fourth-order valence-electron chi connectivity index (χ4n) is 3.80. The van der Waals surface area contributed by atoms with Gasteiger partial charge >= 0.3 is 0 Å². The molecule has 30 heavy (non-hydrogen) atoms. The van der Waals surface area contributed by atoms with Crippen LogP contribution in [0.25, 0.3) is 15.9 Å². The van der Waals surface area contributed by atoms with Gasteiger partial charge in [0.1, 0.15) is 0 Å². The van der Waals surface area contributed by atoms with Crippen LogP contribution in [-0.2, 0) is 0 Å². The third-order valence-corrected chi connectivity index (χ3v) is 7.07. The van der Waals surface area contributed by atoms with Crippen LogP contribution >= 0.6 is 34.5 Å². The van der Waals surface area contributed by atoms with Crippen molar-refractivity contribution >= 4 is 50.7 Å². The average Bonchev–Trinajstić information content (AvgIpc) is 3.40. The van der Waals surface area contributed by atoms with Crippen LogP contribution in [-0.4, -0.2) is 38.7 Å². The summed E-state index contributed by atoms with van der Waals surface area (Å²) >= 11 is 13.9. The third-order valence-electron chi connectivity index (χ3n) is 5.40. The number of nitrogens with zero attached hydrogens (tertiary/aromatic N) is 4. The zero-order valence-electron chi connectivity index (χ0n) is 16.0. The van der Waals surface area contributed by atoms with Crippen LogP contribution in [0.2, 0.25) is 10.0 Å². The SMILES string of the molecule is O=C(c1cnn(-c2cccc(Cl)c2)c1)N1CCC(c2nc3cc(Cl)ccc3s2)CC1. The van der Waals surface area contributed by atoms with Gasteiger partial charge in [-0.25, -0.2) is 9.67 Å². The summed E-state index contributed by atoms with van der Waals surface area (Å²) in [4.78, 5) is 19.6. The molecular weight excluding hydrogens is 439 g/mol. The minimum Gasteiger partial charge on any atom is -0.339 e. The zero-order chi connectivity index (χ0) is 20.7. The van der Waals surface area contributed by atoms with Crippen molar-refractivity contribution in [1.82, 2.24) is 19.7 Å². The molecule has 1 saturated heterocycles. The molecule has 2 aromatic heterocycles. The highest BCUT2D eigenvalue weighted by molar-refractivity contribution is 7.18. The van der Waals surface area contributed by atoms with Crippen LogP contribution in [0.3, 0.4) is 0 Å². The second-order valence-electron chi connectivity index (χ2n) is 7.38. The number of aromatic nitrogens is 3. The molecule has 0 N–H and O–H groups in total. The van der Waals surface area contributed by atoms with Gasteiger partial charge < -0.3 is 4.90 Å². The Balaban J connectivity index is 1.26. The average molecular weight is 457 g/mol. The van der Waals surface area contributed by atoms with Crippen LogP contribution in [0.1, 0.15) is 34.1 Å². The van der Waals surface area contributed by atoms with E-state index in [4.69, 9.17) is 28.2 Å². The minimum atomic E-state index is 0.0119. The first-order chi connectivity index (χ1) is 14.6. The van der Waals surface area contributed by atoms with Crippen molar-refractivity contribution in [3.8, 4) is 5.69 Å². The number of fused-ring (bicyclic) bond motifs is 1. The summed E-state index contributed by atoms with van der Waals surface area (Å²) in [6, 6.07) is 13.2. The van der Waals surface area contributed by atoms with E-state index < -0.39 is 0 Å². The van der Waals surface area contributed by atoms with Gasteiger partial charge in [0.05, 0.1) is 32.7 Å². The van der Waals surface area contributed by atoms with Crippen LogP contribution in [0.5, 0.6) is 0 Å². The molecule has 8 heteroatoms. The van der Waals surface area contributed by atoms with Gasteiger partial charge in [-0.15, -0.1) is 11.3 Å². The van der Waals surface area contributed by atoms with Gasteiger partial charge in [-0.05, 0) is 49.2 Å². The molecule has 0 aliphatic carbocycles. The fraction of sp³-hybridized carbons (Fsp3) is 0.227. The summed E-state index contributed by atoms with van der Waals surface area (Å²) in [6.45, 7) is 1.42. The lowest BCUT2D eigenvalue weighted by atomic mass is 9.97. The highest BCUT2D eigenvalue weighted by Gasteiger charge is 2.27. The first kappa shape index (κ1) is 19.5. The zero-order valence-corrected chi connectivity index (χ0v) is 18.3. The van der Waals surface area contributed by atoms with Gasteiger partial charge in [-0.2, -0.15) is 5.10 Å². The maximum Gasteiger partial charge on any atom is 0.257 e. The highest BCUT2D eigenvalue weighted by atomic mass is 35.5. The van der Waals surface area contributed by atoms with E-state index in [0.717, 1.165) is 33.8 Å². The number of carbonyl (C=O) groups is 1. The molecule has 0 unspecified atom stereocenters. The van der Waals surface area contributed by atoms with E-state index in [2.05, 4.69) is 5.10 Å². The first-order valence-electron chi connectivity index (χ1n) is 9.73. The summed E-state index contributed by atoms with van der Waals surface area (Å²) < 4.78 is 2.83. The van der Waals surface area contributed by atoms with Gasteiger partial charge in [-0.1, -0.05) is 29.3 Å². The number of benzene rings is 2. The fourth-order valence-corrected chi connectivity index (χ4v) is 5.27. The molecule has 1 fully saturated rings. The number of piperidine rings is 1. The number of carbonyl (C=O) groups excluding carboxylic acids is 1. The first-order valence-corrected chi connectivity index (χ1v) is 11.3. The smallest absolute Gasteiger partial charge is 0.257 e. The van der Waals surface area contributed by atoms with Gasteiger partial charge in [0.2, 0.25) is 0 Å². The lowest BCUT2D eigenvalue weighted by molar-refractivity contribution is 0.0713. The molecule has 5 nitrogen and oxygen atoms in total. The van der Waals surface area contributed by atoms with E-state index in [1.54, 1.807) is 28.4 Å². The Morgan fingerprint density at radius 1 is 1.07 bits per heavy atom. The Morgan fingerprint density at radius 3 is 2.67 bits per heavy atom. The van der Waals surface area contributed by atoms with E-state index in [1.807, 2.05) is 47.4 Å². The molecule has 0 atom stereocenters. The molecule has 4 aromatic rings. The quantitative estimate of drug-likeness (QED) is 0.390. The van der Waals surface area contributed by atoms with E-state index in [9.17, 15) is 4.79 Å². The molecule has 1 aliphatic rings. The van der Waals surface area contributed by atoms with E-state index in [-0.39, 0.29) is 5.91 Å². The van der Waals surface area contributed by atoms with Crippen molar-refractivity contribution in [3.63, 3.8) is 0 Å². The Labute approximate surface area is 187 Å². The number of halogens is 2. The minimum absolute atomic E-state index is 0.0119. The molecule has 0 spiro atoms. The van der Waals surface area contributed by atoms with Gasteiger partial charge in [0.15, 0.2) is 0 Å². The Morgan fingerprint density at radius 2 is 1.87 bits per heavy atom. The highest BCUT2D eigenvalue weighted by Crippen LogP contribution is 2.35. The molecule has 5 rings (SSSR count). The van der Waals surface area contributed by atoms with Gasteiger partial charge in [-0.3, -0.25) is 4.79 Å². The number of hydrogen-bond donors (Lipinski definition) is 0. The lowest BCUT2D eigenvalue weighted by Crippen LogP contribution is -2.37. The molecule has 1 amide bonds. The van der Waals surface area contributed by atoms with Crippen molar-refractivity contribution in [1.29, 1.82) is 0 Å². The molecule has 0 saturated carbocycles. The van der Waals surface area contributed by atoms with Crippen molar-refractivity contribution in [2.75, 3.05) is 13.1 Å². The molecule has 2 aromatic carbocycles. The monoisotopic (exact) mass is 456 g/mol. The molecule has 152 valence electrons. The summed E-state index contributed by atoms with van der Waals surface area (Å²) in [6.07, 6.45) is 5.19. The molecular formula is C22H18Cl2N4OS. The summed E-state index contributed by atoms with van der Waals surface area (Å²) in [5.41, 5.74) is 2.37. The number of hydrogen-bond acceptors (Lipinski definition) is 4. The standard InChI is InChI=1S/C22H18Cl2N4OS/c23-16-2-1-3-18(10-16)28-13-15(12-25-28)22(29)27-8-6-14(7-9-27)21-26-19-11-17(24)4-5-20(19)30-21/h1-5,10-14H,6-9H2. The lowest BCUT2D eigenvalue weighted by Gasteiger charge is -2.30. The summed E-state index contributed by atoms with van der Waals surface area (Å²) in [5.74, 6) is 0.386. The predicted octanol–water partition coefficient (Wildman–Crippen LogP) is 5.81. The Kier molecular flexibility index (Phi) is 5.23. The molecule has 3 heterocycles. The number of rotatable bonds is 3. The Hall–Kier alpha value is -2.41. The Bertz CT molecular complexity index is 1230. The van der Waals surface area contributed by atoms with E-state index in [0.29, 0.717) is 34.6 Å². The molecule has 0 radical (unpaired) electrons. The van der Waals surface area contributed by atoms with Crippen molar-refractivity contribution < 1.29 is 4.79 Å². The number of likely N-dealkylation sites (tertiary alicyclic amines) is 1. The normalized spacial score (nSPS) is 15.1. The second-order valence-corrected chi connectivity index (χ2v) is 9.32. The van der Waals surface area contributed by atoms with Crippen molar-refractivity contribution in [2.45, 2.75) is 18.8 Å². The third kappa shape index (κ3) is 3.83. The number of thiazole rings is 1. The van der Waals surface area contributed by atoms with Gasteiger partial charge in [0, 0.05) is 35.2 Å². The van der Waals surface area contributed by atoms with Crippen molar-refractivity contribution in [3.05, 3.63) is 75.5 Å². The second kappa shape index (κ2) is 8.02. The van der Waals surface area contributed by atoms with Crippen LogP contribution in [0, 0.1) is 0 Å². The summed E-state index contributed by atoms with van der Waals surface area (Å²) in [7, 11) is 0. The van der Waals surface area contributed by atoms with Crippen LogP contribution in [0.15, 0.2) is 54.9 Å². The van der Waals surface area contributed by atoms with Crippen molar-refractivity contribution in [2.24, 2.45) is 0 Å².